The van der Waals surface area contributed by atoms with E-state index in [1.807, 2.05) is 13.0 Å². The second-order valence-corrected chi connectivity index (χ2v) is 8.13. The van der Waals surface area contributed by atoms with Gasteiger partial charge in [0.25, 0.3) is 10.0 Å². The average Bonchev–Trinajstić information content (AvgIpc) is 2.62. The number of sulfonamides is 1. The molecule has 2 heterocycles. The van der Waals surface area contributed by atoms with Crippen LogP contribution in [-0.4, -0.2) is 31.2 Å². The number of piperidine rings is 1. The summed E-state index contributed by atoms with van der Waals surface area (Å²) < 4.78 is 27.3. The minimum absolute atomic E-state index is 0.214. The lowest BCUT2D eigenvalue weighted by molar-refractivity contribution is 0.445. The molecule has 1 N–H and O–H groups in total. The highest BCUT2D eigenvalue weighted by Crippen LogP contribution is 2.25. The third-order valence-corrected chi connectivity index (χ3v) is 5.98. The van der Waals surface area contributed by atoms with E-state index >= 15 is 0 Å². The maximum absolute atomic E-state index is 12.4. The third kappa shape index (κ3) is 4.10. The van der Waals surface area contributed by atoms with Crippen LogP contribution in [0, 0.1) is 6.92 Å². The van der Waals surface area contributed by atoms with E-state index in [0.29, 0.717) is 6.04 Å². The number of nitrogens with zero attached hydrogens (tertiary/aromatic N) is 3. The monoisotopic (exact) mass is 360 g/mol. The van der Waals surface area contributed by atoms with Gasteiger partial charge >= 0.3 is 0 Å². The van der Waals surface area contributed by atoms with Crippen LogP contribution in [0.1, 0.15) is 38.2 Å². The number of aromatic nitrogens is 2. The highest BCUT2D eigenvalue weighted by molar-refractivity contribution is 7.92. The van der Waals surface area contributed by atoms with E-state index in [1.165, 1.54) is 12.8 Å². The van der Waals surface area contributed by atoms with Crippen molar-refractivity contribution in [1.29, 1.82) is 0 Å². The lowest BCUT2D eigenvalue weighted by atomic mass is 10.0. The molecule has 0 saturated carbocycles. The Morgan fingerprint density at radius 2 is 1.88 bits per heavy atom. The molecule has 1 aromatic carbocycles. The molecule has 1 aliphatic rings. The standard InChI is InChI=1S/C18H24N4O2S/c1-3-15-6-4-5-13-22(15)18-12-11-17(19-20-18)21-25(23,24)16-9-7-14(2)8-10-16/h7-12,15H,3-6,13H2,1-2H3,(H,19,21). The van der Waals surface area contributed by atoms with Gasteiger partial charge in [-0.2, -0.15) is 0 Å². The van der Waals surface area contributed by atoms with Crippen LogP contribution in [0.3, 0.4) is 0 Å². The van der Waals surface area contributed by atoms with Gasteiger partial charge in [0.05, 0.1) is 4.90 Å². The van der Waals surface area contributed by atoms with Gasteiger partial charge < -0.3 is 4.90 Å². The van der Waals surface area contributed by atoms with Crippen molar-refractivity contribution < 1.29 is 8.42 Å². The number of hydrogen-bond acceptors (Lipinski definition) is 5. The molecule has 1 atom stereocenters. The second-order valence-electron chi connectivity index (χ2n) is 6.45. The van der Waals surface area contributed by atoms with E-state index in [1.54, 1.807) is 30.3 Å². The Bertz CT molecular complexity index is 804. The molecule has 2 aromatic rings. The highest BCUT2D eigenvalue weighted by atomic mass is 32.2. The maximum Gasteiger partial charge on any atom is 0.263 e. The van der Waals surface area contributed by atoms with Gasteiger partial charge in [-0.15, -0.1) is 10.2 Å². The fraction of sp³-hybridized carbons (Fsp3) is 0.444. The van der Waals surface area contributed by atoms with Crippen LogP contribution in [-0.2, 0) is 10.0 Å². The molecular formula is C18H24N4O2S. The SMILES string of the molecule is CCC1CCCCN1c1ccc(NS(=O)(=O)c2ccc(C)cc2)nn1. The molecule has 1 unspecified atom stereocenters. The molecule has 0 spiro atoms. The van der Waals surface area contributed by atoms with E-state index in [9.17, 15) is 8.42 Å². The molecule has 1 saturated heterocycles. The first-order valence-corrected chi connectivity index (χ1v) is 10.2. The predicted molar refractivity (Wildman–Crippen MR) is 99.3 cm³/mol. The molecule has 0 bridgehead atoms. The Hall–Kier alpha value is -2.15. The average molecular weight is 360 g/mol. The molecule has 1 aromatic heterocycles. The number of rotatable bonds is 5. The normalized spacial score (nSPS) is 18.2. The summed E-state index contributed by atoms with van der Waals surface area (Å²) in [6, 6.07) is 10.7. The van der Waals surface area contributed by atoms with Crippen molar-refractivity contribution in [3.8, 4) is 0 Å². The Morgan fingerprint density at radius 1 is 1.12 bits per heavy atom. The Morgan fingerprint density at radius 3 is 2.52 bits per heavy atom. The van der Waals surface area contributed by atoms with E-state index in [4.69, 9.17) is 0 Å². The first-order valence-electron chi connectivity index (χ1n) is 8.69. The van der Waals surface area contributed by atoms with Crippen LogP contribution in [0.4, 0.5) is 11.6 Å². The van der Waals surface area contributed by atoms with Crippen LogP contribution in [0.25, 0.3) is 0 Å². The van der Waals surface area contributed by atoms with E-state index in [2.05, 4.69) is 26.7 Å². The smallest absolute Gasteiger partial charge is 0.263 e. The fourth-order valence-corrected chi connectivity index (χ4v) is 4.17. The van der Waals surface area contributed by atoms with Crippen LogP contribution in [0.2, 0.25) is 0 Å². The van der Waals surface area contributed by atoms with Crippen molar-refractivity contribution in [1.82, 2.24) is 10.2 Å². The maximum atomic E-state index is 12.4. The number of aryl methyl sites for hydroxylation is 1. The summed E-state index contributed by atoms with van der Waals surface area (Å²) in [5.41, 5.74) is 1.01. The topological polar surface area (TPSA) is 75.2 Å². The Kier molecular flexibility index (Phi) is 5.22. The molecule has 0 radical (unpaired) electrons. The zero-order chi connectivity index (χ0) is 17.9. The van der Waals surface area contributed by atoms with Gasteiger partial charge in [-0.25, -0.2) is 8.42 Å². The summed E-state index contributed by atoms with van der Waals surface area (Å²) in [6.45, 7) is 5.07. The summed E-state index contributed by atoms with van der Waals surface area (Å²) in [6.07, 6.45) is 4.64. The van der Waals surface area contributed by atoms with Crippen LogP contribution in [0.5, 0.6) is 0 Å². The minimum Gasteiger partial charge on any atom is -0.352 e. The zero-order valence-electron chi connectivity index (χ0n) is 14.6. The number of benzene rings is 1. The van der Waals surface area contributed by atoms with Crippen LogP contribution in [0.15, 0.2) is 41.3 Å². The van der Waals surface area contributed by atoms with Gasteiger partial charge in [-0.05, 0) is 56.9 Å². The van der Waals surface area contributed by atoms with Crippen molar-refractivity contribution in [3.63, 3.8) is 0 Å². The summed E-state index contributed by atoms with van der Waals surface area (Å²) in [4.78, 5) is 2.49. The number of anilines is 2. The molecule has 0 aliphatic carbocycles. The molecule has 0 amide bonds. The second kappa shape index (κ2) is 7.39. The van der Waals surface area contributed by atoms with Crippen molar-refractivity contribution in [2.75, 3.05) is 16.2 Å². The van der Waals surface area contributed by atoms with Crippen LogP contribution < -0.4 is 9.62 Å². The lowest BCUT2D eigenvalue weighted by Crippen LogP contribution is -2.39. The largest absolute Gasteiger partial charge is 0.352 e. The molecule has 7 heteroatoms. The molecule has 25 heavy (non-hydrogen) atoms. The first kappa shape index (κ1) is 17.7. The van der Waals surface area contributed by atoms with E-state index in [-0.39, 0.29) is 10.7 Å². The predicted octanol–water partition coefficient (Wildman–Crippen LogP) is 3.35. The fourth-order valence-electron chi connectivity index (χ4n) is 3.17. The Balaban J connectivity index is 1.75. The minimum atomic E-state index is -3.65. The molecule has 1 aliphatic heterocycles. The van der Waals surface area contributed by atoms with Crippen molar-refractivity contribution in [2.45, 2.75) is 50.5 Å². The van der Waals surface area contributed by atoms with Gasteiger partial charge in [0.15, 0.2) is 11.6 Å². The molecule has 6 nitrogen and oxygen atoms in total. The number of hydrogen-bond donors (Lipinski definition) is 1. The Labute approximate surface area is 149 Å². The summed E-state index contributed by atoms with van der Waals surface area (Å²) in [7, 11) is -3.65. The van der Waals surface area contributed by atoms with Crippen LogP contribution >= 0.6 is 0 Å². The summed E-state index contributed by atoms with van der Waals surface area (Å²) in [5, 5.41) is 8.31. The first-order chi connectivity index (χ1) is 12.0. The third-order valence-electron chi connectivity index (χ3n) is 4.61. The van der Waals surface area contributed by atoms with Crippen molar-refractivity contribution >= 4 is 21.7 Å². The van der Waals surface area contributed by atoms with Crippen molar-refractivity contribution in [2.24, 2.45) is 0 Å². The van der Waals surface area contributed by atoms with E-state index in [0.717, 1.165) is 30.8 Å². The highest BCUT2D eigenvalue weighted by Gasteiger charge is 2.22. The zero-order valence-corrected chi connectivity index (χ0v) is 15.5. The summed E-state index contributed by atoms with van der Waals surface area (Å²) >= 11 is 0. The van der Waals surface area contributed by atoms with Gasteiger partial charge in [0, 0.05) is 12.6 Å². The van der Waals surface area contributed by atoms with Gasteiger partial charge in [0.1, 0.15) is 0 Å². The molecule has 134 valence electrons. The molecular weight excluding hydrogens is 336 g/mol. The quantitative estimate of drug-likeness (QED) is 0.885. The van der Waals surface area contributed by atoms with Gasteiger partial charge in [-0.3, -0.25) is 4.72 Å². The van der Waals surface area contributed by atoms with Gasteiger partial charge in [-0.1, -0.05) is 24.6 Å². The molecule has 1 fully saturated rings. The summed E-state index contributed by atoms with van der Waals surface area (Å²) in [5.74, 6) is 1.04. The number of nitrogens with one attached hydrogen (secondary N) is 1. The lowest BCUT2D eigenvalue weighted by Gasteiger charge is -2.35. The molecule has 3 rings (SSSR count). The van der Waals surface area contributed by atoms with Gasteiger partial charge in [0.2, 0.25) is 0 Å². The van der Waals surface area contributed by atoms with E-state index < -0.39 is 10.0 Å². The van der Waals surface area contributed by atoms with Crippen molar-refractivity contribution in [3.05, 3.63) is 42.0 Å².